The van der Waals surface area contributed by atoms with Crippen LogP contribution >= 0.6 is 11.3 Å². The molecule has 2 aromatic rings. The summed E-state index contributed by atoms with van der Waals surface area (Å²) in [6.07, 6.45) is 2.58. The molecule has 0 saturated carbocycles. The van der Waals surface area contributed by atoms with Gasteiger partial charge in [0.05, 0.1) is 4.88 Å². The number of carbonyl (C=O) groups excluding carboxylic acids is 2. The van der Waals surface area contributed by atoms with E-state index in [-0.39, 0.29) is 11.5 Å². The van der Waals surface area contributed by atoms with Crippen LogP contribution in [0.3, 0.4) is 0 Å². The fourth-order valence-electron chi connectivity index (χ4n) is 2.44. The highest BCUT2D eigenvalue weighted by molar-refractivity contribution is 7.13. The Morgan fingerprint density at radius 1 is 1.25 bits per heavy atom. The first-order chi connectivity index (χ1) is 11.7. The molecule has 0 fully saturated rings. The van der Waals surface area contributed by atoms with E-state index in [1.165, 1.54) is 11.3 Å². The third-order valence-corrected chi connectivity index (χ3v) is 4.72. The second-order valence-electron chi connectivity index (χ2n) is 5.53. The van der Waals surface area contributed by atoms with E-state index in [0.717, 1.165) is 30.4 Å². The zero-order valence-electron chi connectivity index (χ0n) is 13.7. The maximum absolute atomic E-state index is 12.5. The van der Waals surface area contributed by atoms with E-state index >= 15 is 0 Å². The van der Waals surface area contributed by atoms with Crippen molar-refractivity contribution in [2.75, 3.05) is 0 Å². The Morgan fingerprint density at radius 3 is 2.67 bits per heavy atom. The molecule has 5 heteroatoms. The van der Waals surface area contributed by atoms with Crippen LogP contribution < -0.4 is 0 Å². The summed E-state index contributed by atoms with van der Waals surface area (Å²) in [5.41, 5.74) is 1.83. The van der Waals surface area contributed by atoms with E-state index in [4.69, 9.17) is 10.1 Å². The first-order valence-electron chi connectivity index (χ1n) is 8.03. The summed E-state index contributed by atoms with van der Waals surface area (Å²) in [6.45, 7) is 2.39. The number of ketones is 1. The summed E-state index contributed by atoms with van der Waals surface area (Å²) in [7, 11) is 0. The van der Waals surface area contributed by atoms with Gasteiger partial charge in [0.2, 0.25) is 5.78 Å². The molecule has 1 aromatic heterocycles. The van der Waals surface area contributed by atoms with Gasteiger partial charge in [-0.25, -0.2) is 0 Å². The highest BCUT2D eigenvalue weighted by Crippen LogP contribution is 2.26. The fourth-order valence-corrected chi connectivity index (χ4v) is 3.31. The molecule has 0 amide bonds. The standard InChI is InChI=1S/C19H21NO3S/c1-2-3-5-10-16(23-13-21)18(20)19(22)17-11-15(12-24-17)14-8-6-4-7-9-14/h4,6-9,11-13,16,20H,2-3,5,10H2,1H3. The van der Waals surface area contributed by atoms with E-state index in [0.29, 0.717) is 17.8 Å². The van der Waals surface area contributed by atoms with Crippen molar-refractivity contribution >= 4 is 29.3 Å². The molecule has 24 heavy (non-hydrogen) atoms. The summed E-state index contributed by atoms with van der Waals surface area (Å²) in [6, 6.07) is 11.6. The third-order valence-electron chi connectivity index (χ3n) is 3.79. The smallest absolute Gasteiger partial charge is 0.293 e. The van der Waals surface area contributed by atoms with Crippen molar-refractivity contribution in [2.45, 2.75) is 38.7 Å². The molecule has 0 spiro atoms. The van der Waals surface area contributed by atoms with E-state index in [2.05, 4.69) is 6.92 Å². The van der Waals surface area contributed by atoms with E-state index in [1.807, 2.05) is 35.7 Å². The van der Waals surface area contributed by atoms with E-state index in [9.17, 15) is 9.59 Å². The number of rotatable bonds is 10. The summed E-state index contributed by atoms with van der Waals surface area (Å²) >= 11 is 1.31. The molecule has 126 valence electrons. The van der Waals surface area contributed by atoms with Gasteiger partial charge in [-0.3, -0.25) is 15.0 Å². The largest absolute Gasteiger partial charge is 0.458 e. The lowest BCUT2D eigenvalue weighted by molar-refractivity contribution is -0.131. The summed E-state index contributed by atoms with van der Waals surface area (Å²) in [5, 5.41) is 10.0. The fraction of sp³-hybridized carbons (Fsp3) is 0.316. The second kappa shape index (κ2) is 9.13. The van der Waals surface area contributed by atoms with Crippen LogP contribution in [0.1, 0.15) is 42.3 Å². The van der Waals surface area contributed by atoms with Gasteiger partial charge in [-0.1, -0.05) is 50.1 Å². The Kier molecular flexibility index (Phi) is 6.88. The third kappa shape index (κ3) is 4.61. The molecule has 0 saturated heterocycles. The van der Waals surface area contributed by atoms with Gasteiger partial charge in [-0.2, -0.15) is 0 Å². The zero-order valence-corrected chi connectivity index (χ0v) is 14.5. The number of hydrogen-bond acceptors (Lipinski definition) is 5. The number of unbranched alkanes of at least 4 members (excludes halogenated alkanes) is 2. The van der Waals surface area contributed by atoms with Gasteiger partial charge in [0, 0.05) is 0 Å². The maximum atomic E-state index is 12.5. The first-order valence-corrected chi connectivity index (χ1v) is 8.91. The normalized spacial score (nSPS) is 11.7. The van der Waals surface area contributed by atoms with Crippen LogP contribution in [0, 0.1) is 5.41 Å². The highest BCUT2D eigenvalue weighted by Gasteiger charge is 2.24. The minimum atomic E-state index is -0.760. The summed E-state index contributed by atoms with van der Waals surface area (Å²) in [4.78, 5) is 23.7. The average molecular weight is 343 g/mol. The molecule has 0 radical (unpaired) electrons. The number of ether oxygens (including phenoxy) is 1. The van der Waals surface area contributed by atoms with Crippen LogP contribution in [-0.4, -0.2) is 24.1 Å². The predicted octanol–water partition coefficient (Wildman–Crippen LogP) is 4.74. The van der Waals surface area contributed by atoms with E-state index in [1.54, 1.807) is 6.07 Å². The lowest BCUT2D eigenvalue weighted by Gasteiger charge is -2.14. The molecule has 2 rings (SSSR count). The molecule has 0 aliphatic rings. The van der Waals surface area contributed by atoms with Crippen LogP contribution in [0.15, 0.2) is 41.8 Å². The Hall–Kier alpha value is -2.27. The molecular weight excluding hydrogens is 322 g/mol. The molecule has 1 heterocycles. The number of benzene rings is 1. The van der Waals surface area contributed by atoms with Crippen molar-refractivity contribution in [3.05, 3.63) is 46.7 Å². The van der Waals surface area contributed by atoms with Gasteiger partial charge in [0.25, 0.3) is 6.47 Å². The minimum absolute atomic E-state index is 0.153. The lowest BCUT2D eigenvalue weighted by Crippen LogP contribution is -2.30. The molecular formula is C19H21NO3S. The molecule has 1 atom stereocenters. The Morgan fingerprint density at radius 2 is 2.00 bits per heavy atom. The molecule has 1 N–H and O–H groups in total. The molecule has 4 nitrogen and oxygen atoms in total. The molecule has 1 unspecified atom stereocenters. The minimum Gasteiger partial charge on any atom is -0.458 e. The van der Waals surface area contributed by atoms with Crippen molar-refractivity contribution in [3.8, 4) is 11.1 Å². The van der Waals surface area contributed by atoms with Gasteiger partial charge in [-0.15, -0.1) is 11.3 Å². The first kappa shape index (κ1) is 18.1. The zero-order chi connectivity index (χ0) is 17.4. The van der Waals surface area contributed by atoms with E-state index < -0.39 is 6.10 Å². The van der Waals surface area contributed by atoms with Crippen molar-refractivity contribution in [2.24, 2.45) is 0 Å². The topological polar surface area (TPSA) is 67.2 Å². The Labute approximate surface area is 146 Å². The van der Waals surface area contributed by atoms with Crippen LogP contribution in [0.2, 0.25) is 0 Å². The van der Waals surface area contributed by atoms with Gasteiger partial charge in [0.1, 0.15) is 11.8 Å². The van der Waals surface area contributed by atoms with Crippen molar-refractivity contribution in [1.82, 2.24) is 0 Å². The number of thiophene rings is 1. The SMILES string of the molecule is CCCCCC(OC=O)C(=N)C(=O)c1cc(-c2ccccc2)cs1. The number of carbonyl (C=O) groups is 2. The van der Waals surface area contributed by atoms with Gasteiger partial charge in [0.15, 0.2) is 0 Å². The summed E-state index contributed by atoms with van der Waals surface area (Å²) in [5.74, 6) is -0.370. The number of nitrogens with one attached hydrogen (secondary N) is 1. The molecule has 0 aliphatic heterocycles. The lowest BCUT2D eigenvalue weighted by atomic mass is 10.0. The number of hydrogen-bond donors (Lipinski definition) is 1. The Balaban J connectivity index is 2.10. The molecule has 0 aliphatic carbocycles. The van der Waals surface area contributed by atoms with Gasteiger partial charge >= 0.3 is 0 Å². The molecule has 1 aromatic carbocycles. The quantitative estimate of drug-likeness (QED) is 0.293. The van der Waals surface area contributed by atoms with Crippen LogP contribution in [-0.2, 0) is 9.53 Å². The average Bonchev–Trinajstić information content (AvgIpc) is 3.11. The predicted molar refractivity (Wildman–Crippen MR) is 96.9 cm³/mol. The van der Waals surface area contributed by atoms with Crippen molar-refractivity contribution in [3.63, 3.8) is 0 Å². The van der Waals surface area contributed by atoms with Crippen LogP contribution in [0.25, 0.3) is 11.1 Å². The Bertz CT molecular complexity index is 694. The van der Waals surface area contributed by atoms with Crippen LogP contribution in [0.5, 0.6) is 0 Å². The van der Waals surface area contributed by atoms with Crippen molar-refractivity contribution in [1.29, 1.82) is 5.41 Å². The monoisotopic (exact) mass is 343 g/mol. The van der Waals surface area contributed by atoms with Gasteiger partial charge < -0.3 is 4.74 Å². The van der Waals surface area contributed by atoms with Gasteiger partial charge in [-0.05, 0) is 35.4 Å². The van der Waals surface area contributed by atoms with Crippen molar-refractivity contribution < 1.29 is 14.3 Å². The maximum Gasteiger partial charge on any atom is 0.293 e. The summed E-state index contributed by atoms with van der Waals surface area (Å²) < 4.78 is 4.96. The number of Topliss-reactive ketones (excluding diaryl/α,β-unsaturated/α-hetero) is 1. The van der Waals surface area contributed by atoms with Crippen LogP contribution in [0.4, 0.5) is 0 Å². The molecule has 0 bridgehead atoms. The highest BCUT2D eigenvalue weighted by atomic mass is 32.1. The second-order valence-corrected chi connectivity index (χ2v) is 6.44.